The molecule has 0 bridgehead atoms. The SMILES string of the molecule is CCC(C(=O)NC)N(Cc1ccc(Cl)c(Cl)c1)C(=O)CN(C)S(=O)(=O)c1ccc(Cl)cc1. The smallest absolute Gasteiger partial charge is 0.243 e. The largest absolute Gasteiger partial charge is 0.357 e. The minimum absolute atomic E-state index is 0.00609. The normalized spacial score (nSPS) is 12.5. The van der Waals surface area contributed by atoms with Crippen molar-refractivity contribution >= 4 is 56.6 Å². The highest BCUT2D eigenvalue weighted by Crippen LogP contribution is 2.24. The summed E-state index contributed by atoms with van der Waals surface area (Å²) in [6.45, 7) is 1.36. The summed E-state index contributed by atoms with van der Waals surface area (Å²) in [6, 6.07) is 9.75. The van der Waals surface area contributed by atoms with Crippen LogP contribution >= 0.6 is 34.8 Å². The van der Waals surface area contributed by atoms with Crippen LogP contribution in [0.3, 0.4) is 0 Å². The van der Waals surface area contributed by atoms with Crippen LogP contribution in [0.4, 0.5) is 0 Å². The van der Waals surface area contributed by atoms with Crippen molar-refractivity contribution in [1.29, 1.82) is 0 Å². The highest BCUT2D eigenvalue weighted by molar-refractivity contribution is 7.89. The van der Waals surface area contributed by atoms with Gasteiger partial charge in [-0.3, -0.25) is 9.59 Å². The van der Waals surface area contributed by atoms with Crippen molar-refractivity contribution < 1.29 is 18.0 Å². The Kier molecular flexibility index (Phi) is 9.36. The molecule has 174 valence electrons. The number of carbonyl (C=O) groups is 2. The molecule has 0 spiro atoms. The molecule has 11 heteroatoms. The quantitative estimate of drug-likeness (QED) is 0.544. The van der Waals surface area contributed by atoms with Gasteiger partial charge in [0.1, 0.15) is 6.04 Å². The van der Waals surface area contributed by atoms with E-state index in [1.165, 1.54) is 43.3 Å². The number of hydrogen-bond donors (Lipinski definition) is 1. The van der Waals surface area contributed by atoms with E-state index in [0.717, 1.165) is 4.31 Å². The minimum atomic E-state index is -3.94. The molecule has 1 unspecified atom stereocenters. The van der Waals surface area contributed by atoms with Crippen LogP contribution in [0, 0.1) is 0 Å². The number of halogens is 3. The van der Waals surface area contributed by atoms with E-state index < -0.39 is 28.5 Å². The van der Waals surface area contributed by atoms with Crippen LogP contribution in [0.15, 0.2) is 47.4 Å². The number of rotatable bonds is 9. The number of sulfonamides is 1. The van der Waals surface area contributed by atoms with E-state index in [1.807, 2.05) is 0 Å². The predicted molar refractivity (Wildman–Crippen MR) is 126 cm³/mol. The Bertz CT molecular complexity index is 1080. The Labute approximate surface area is 203 Å². The number of nitrogens with one attached hydrogen (secondary N) is 1. The number of carbonyl (C=O) groups excluding carboxylic acids is 2. The van der Waals surface area contributed by atoms with E-state index in [-0.39, 0.29) is 17.3 Å². The van der Waals surface area contributed by atoms with Crippen molar-refractivity contribution in [3.8, 4) is 0 Å². The van der Waals surface area contributed by atoms with Gasteiger partial charge in [-0.2, -0.15) is 4.31 Å². The lowest BCUT2D eigenvalue weighted by Crippen LogP contribution is -2.51. The molecule has 2 amide bonds. The Balaban J connectivity index is 2.32. The van der Waals surface area contributed by atoms with Crippen LogP contribution in [-0.2, 0) is 26.2 Å². The summed E-state index contributed by atoms with van der Waals surface area (Å²) in [5, 5.41) is 3.62. The van der Waals surface area contributed by atoms with Crippen LogP contribution in [0.5, 0.6) is 0 Å². The second-order valence-corrected chi connectivity index (χ2v) is 10.3. The maximum absolute atomic E-state index is 13.2. The van der Waals surface area contributed by atoms with Crippen LogP contribution < -0.4 is 5.32 Å². The van der Waals surface area contributed by atoms with Crippen molar-refractivity contribution in [2.24, 2.45) is 0 Å². The fraction of sp³-hybridized carbons (Fsp3) is 0.333. The maximum Gasteiger partial charge on any atom is 0.243 e. The molecule has 0 aliphatic rings. The van der Waals surface area contributed by atoms with E-state index in [4.69, 9.17) is 34.8 Å². The van der Waals surface area contributed by atoms with Gasteiger partial charge in [0.25, 0.3) is 0 Å². The fourth-order valence-electron chi connectivity index (χ4n) is 3.07. The summed E-state index contributed by atoms with van der Waals surface area (Å²) in [7, 11) is -1.16. The highest BCUT2D eigenvalue weighted by Gasteiger charge is 2.31. The zero-order chi connectivity index (χ0) is 24.1. The Morgan fingerprint density at radius 1 is 1.03 bits per heavy atom. The average Bonchev–Trinajstić information content (AvgIpc) is 2.75. The van der Waals surface area contributed by atoms with Gasteiger partial charge in [-0.1, -0.05) is 47.8 Å². The van der Waals surface area contributed by atoms with Crippen molar-refractivity contribution in [1.82, 2.24) is 14.5 Å². The van der Waals surface area contributed by atoms with Crippen LogP contribution in [0.2, 0.25) is 15.1 Å². The monoisotopic (exact) mass is 519 g/mol. The van der Waals surface area contributed by atoms with E-state index in [9.17, 15) is 18.0 Å². The molecule has 0 saturated carbocycles. The molecule has 1 atom stereocenters. The number of amides is 2. The number of hydrogen-bond acceptors (Lipinski definition) is 4. The highest BCUT2D eigenvalue weighted by atomic mass is 35.5. The van der Waals surface area contributed by atoms with Crippen molar-refractivity contribution in [3.63, 3.8) is 0 Å². The number of likely N-dealkylation sites (N-methyl/N-ethyl adjacent to an activating group) is 2. The van der Waals surface area contributed by atoms with E-state index in [1.54, 1.807) is 25.1 Å². The number of benzene rings is 2. The molecule has 2 aromatic carbocycles. The third-order valence-electron chi connectivity index (χ3n) is 4.85. The molecule has 0 radical (unpaired) electrons. The predicted octanol–water partition coefficient (Wildman–Crippen LogP) is 3.82. The van der Waals surface area contributed by atoms with Crippen LogP contribution in [0.1, 0.15) is 18.9 Å². The Hall–Kier alpha value is -1.84. The summed E-state index contributed by atoms with van der Waals surface area (Å²) in [4.78, 5) is 27.0. The van der Waals surface area contributed by atoms with Crippen molar-refractivity contribution in [2.45, 2.75) is 30.8 Å². The van der Waals surface area contributed by atoms with Crippen molar-refractivity contribution in [2.75, 3.05) is 20.6 Å². The Morgan fingerprint density at radius 2 is 1.66 bits per heavy atom. The van der Waals surface area contributed by atoms with Gasteiger partial charge in [-0.05, 0) is 48.4 Å². The summed E-state index contributed by atoms with van der Waals surface area (Å²) in [5.41, 5.74) is 0.651. The minimum Gasteiger partial charge on any atom is -0.357 e. The zero-order valence-corrected chi connectivity index (χ0v) is 20.9. The van der Waals surface area contributed by atoms with Gasteiger partial charge in [0, 0.05) is 25.7 Å². The fourth-order valence-corrected chi connectivity index (χ4v) is 4.64. The third kappa shape index (κ3) is 6.36. The van der Waals surface area contributed by atoms with Gasteiger partial charge in [0.2, 0.25) is 21.8 Å². The van der Waals surface area contributed by atoms with E-state index in [0.29, 0.717) is 27.1 Å². The molecule has 0 heterocycles. The topological polar surface area (TPSA) is 86.8 Å². The lowest BCUT2D eigenvalue weighted by atomic mass is 10.1. The van der Waals surface area contributed by atoms with E-state index >= 15 is 0 Å². The standard InChI is InChI=1S/C21H24Cl3N3O4S/c1-4-19(21(29)25-2)27(12-14-5-10-17(23)18(24)11-14)20(28)13-26(3)32(30,31)16-8-6-15(22)7-9-16/h5-11,19H,4,12-13H2,1-3H3,(H,25,29). The molecule has 1 N–H and O–H groups in total. The summed E-state index contributed by atoms with van der Waals surface area (Å²) >= 11 is 17.9. The molecule has 32 heavy (non-hydrogen) atoms. The van der Waals surface area contributed by atoms with Crippen molar-refractivity contribution in [3.05, 3.63) is 63.1 Å². The first kappa shape index (κ1) is 26.4. The zero-order valence-electron chi connectivity index (χ0n) is 17.8. The Morgan fingerprint density at radius 3 is 2.19 bits per heavy atom. The van der Waals surface area contributed by atoms with Gasteiger partial charge in [-0.25, -0.2) is 8.42 Å². The number of nitrogens with zero attached hydrogens (tertiary/aromatic N) is 2. The third-order valence-corrected chi connectivity index (χ3v) is 7.66. The molecule has 0 aromatic heterocycles. The lowest BCUT2D eigenvalue weighted by Gasteiger charge is -2.31. The molecule has 2 rings (SSSR count). The lowest BCUT2D eigenvalue weighted by molar-refractivity contribution is -0.141. The summed E-state index contributed by atoms with van der Waals surface area (Å²) in [5.74, 6) is -0.893. The van der Waals surface area contributed by atoms with Gasteiger partial charge in [-0.15, -0.1) is 0 Å². The van der Waals surface area contributed by atoms with Gasteiger partial charge in [0.15, 0.2) is 0 Å². The van der Waals surface area contributed by atoms with E-state index in [2.05, 4.69) is 5.32 Å². The van der Waals surface area contributed by atoms with Crippen LogP contribution in [0.25, 0.3) is 0 Å². The van der Waals surface area contributed by atoms with Gasteiger partial charge >= 0.3 is 0 Å². The second kappa shape index (κ2) is 11.3. The maximum atomic E-state index is 13.2. The molecule has 7 nitrogen and oxygen atoms in total. The molecule has 0 fully saturated rings. The average molecular weight is 521 g/mol. The molecular formula is C21H24Cl3N3O4S. The molecule has 2 aromatic rings. The first-order chi connectivity index (χ1) is 15.0. The molecule has 0 aliphatic carbocycles. The first-order valence-corrected chi connectivity index (χ1v) is 12.3. The van der Waals surface area contributed by atoms with Gasteiger partial charge < -0.3 is 10.2 Å². The first-order valence-electron chi connectivity index (χ1n) is 9.68. The molecule has 0 saturated heterocycles. The van der Waals surface area contributed by atoms with Crippen LogP contribution in [-0.4, -0.2) is 56.1 Å². The van der Waals surface area contributed by atoms with Gasteiger partial charge in [0.05, 0.1) is 21.5 Å². The summed E-state index contributed by atoms with van der Waals surface area (Å²) < 4.78 is 26.7. The molecular weight excluding hydrogens is 497 g/mol. The summed E-state index contributed by atoms with van der Waals surface area (Å²) in [6.07, 6.45) is 0.334. The molecule has 0 aliphatic heterocycles. The second-order valence-electron chi connectivity index (χ2n) is 7.02.